The Labute approximate surface area is 167 Å². The third-order valence-corrected chi connectivity index (χ3v) is 4.59. The molecule has 7 heteroatoms. The molecule has 156 valence electrons. The summed E-state index contributed by atoms with van der Waals surface area (Å²) in [6, 6.07) is 8.02. The highest BCUT2D eigenvalue weighted by atomic mass is 16.6. The van der Waals surface area contributed by atoms with E-state index in [1.165, 1.54) is 12.8 Å². The van der Waals surface area contributed by atoms with Gasteiger partial charge in [-0.15, -0.1) is 0 Å². The van der Waals surface area contributed by atoms with Crippen LogP contribution in [-0.2, 0) is 9.53 Å². The zero-order chi connectivity index (χ0) is 20.6. The van der Waals surface area contributed by atoms with Crippen molar-refractivity contribution < 1.29 is 19.1 Å². The van der Waals surface area contributed by atoms with Gasteiger partial charge in [0, 0.05) is 25.1 Å². The first-order valence-electron chi connectivity index (χ1n) is 9.90. The van der Waals surface area contributed by atoms with Crippen LogP contribution in [0.1, 0.15) is 51.6 Å². The maximum Gasteiger partial charge on any atom is 0.407 e. The van der Waals surface area contributed by atoms with Crippen LogP contribution in [0, 0.1) is 0 Å². The quantitative estimate of drug-likeness (QED) is 0.712. The summed E-state index contributed by atoms with van der Waals surface area (Å²) >= 11 is 0. The van der Waals surface area contributed by atoms with Gasteiger partial charge in [-0.2, -0.15) is 0 Å². The molecular weight excluding hydrogens is 358 g/mol. The molecule has 0 bridgehead atoms. The molecule has 1 atom stereocenters. The first kappa shape index (κ1) is 22.0. The van der Waals surface area contributed by atoms with Crippen molar-refractivity contribution in [3.63, 3.8) is 0 Å². The van der Waals surface area contributed by atoms with Crippen molar-refractivity contribution in [3.8, 4) is 5.75 Å². The Hall–Kier alpha value is -2.28. The molecule has 0 spiro atoms. The minimum absolute atomic E-state index is 0.0708. The fourth-order valence-corrected chi connectivity index (χ4v) is 3.32. The summed E-state index contributed by atoms with van der Waals surface area (Å²) in [5.74, 6) is 0.732. The SMILES string of the molecule is COc1ccccc1C(CNC(=O)CCNC(=O)OC(C)(C)C)N1CCCC1. The van der Waals surface area contributed by atoms with Crippen LogP contribution in [-0.4, -0.2) is 55.8 Å². The second-order valence-electron chi connectivity index (χ2n) is 7.98. The van der Waals surface area contributed by atoms with Crippen molar-refractivity contribution in [2.24, 2.45) is 0 Å². The smallest absolute Gasteiger partial charge is 0.407 e. The van der Waals surface area contributed by atoms with Crippen molar-refractivity contribution in [2.75, 3.05) is 33.3 Å². The second-order valence-corrected chi connectivity index (χ2v) is 7.98. The van der Waals surface area contributed by atoms with E-state index in [1.54, 1.807) is 27.9 Å². The number of benzene rings is 1. The molecule has 1 fully saturated rings. The third kappa shape index (κ3) is 7.03. The largest absolute Gasteiger partial charge is 0.496 e. The molecule has 0 saturated carbocycles. The van der Waals surface area contributed by atoms with Crippen LogP contribution in [0.2, 0.25) is 0 Å². The first-order chi connectivity index (χ1) is 13.3. The van der Waals surface area contributed by atoms with E-state index in [9.17, 15) is 9.59 Å². The highest BCUT2D eigenvalue weighted by Crippen LogP contribution is 2.31. The zero-order valence-electron chi connectivity index (χ0n) is 17.4. The number of carbonyl (C=O) groups is 2. The molecule has 0 radical (unpaired) electrons. The number of amides is 2. The predicted molar refractivity (Wildman–Crippen MR) is 108 cm³/mol. The lowest BCUT2D eigenvalue weighted by atomic mass is 10.0. The van der Waals surface area contributed by atoms with Crippen LogP contribution < -0.4 is 15.4 Å². The van der Waals surface area contributed by atoms with Crippen LogP contribution >= 0.6 is 0 Å². The predicted octanol–water partition coefficient (Wildman–Crippen LogP) is 2.86. The molecule has 2 rings (SSSR count). The molecule has 28 heavy (non-hydrogen) atoms. The standard InChI is InChI=1S/C21H33N3O4/c1-21(2,3)28-20(26)22-12-11-19(25)23-15-17(24-13-7-8-14-24)16-9-5-6-10-18(16)27-4/h5-6,9-10,17H,7-8,11-15H2,1-4H3,(H,22,26)(H,23,25). The van der Waals surface area contributed by atoms with Gasteiger partial charge in [0.15, 0.2) is 0 Å². The minimum atomic E-state index is -0.552. The van der Waals surface area contributed by atoms with Crippen molar-refractivity contribution >= 4 is 12.0 Å². The molecule has 1 heterocycles. The Morgan fingerprint density at radius 1 is 1.14 bits per heavy atom. The maximum absolute atomic E-state index is 12.3. The molecule has 0 aromatic heterocycles. The number of hydrogen-bond acceptors (Lipinski definition) is 5. The van der Waals surface area contributed by atoms with Gasteiger partial charge in [-0.25, -0.2) is 4.79 Å². The fourth-order valence-electron chi connectivity index (χ4n) is 3.32. The number of rotatable bonds is 8. The molecule has 0 aliphatic carbocycles. The second kappa shape index (κ2) is 10.3. The summed E-state index contributed by atoms with van der Waals surface area (Å²) in [6.07, 6.45) is 2.03. The van der Waals surface area contributed by atoms with Gasteiger partial charge in [0.05, 0.1) is 13.2 Å². The van der Waals surface area contributed by atoms with Crippen LogP contribution in [0.4, 0.5) is 4.79 Å². The molecule has 7 nitrogen and oxygen atoms in total. The average Bonchev–Trinajstić information content (AvgIpc) is 3.15. The molecular formula is C21H33N3O4. The summed E-state index contributed by atoms with van der Waals surface area (Å²) in [4.78, 5) is 26.3. The Morgan fingerprint density at radius 2 is 1.82 bits per heavy atom. The molecule has 1 saturated heterocycles. The summed E-state index contributed by atoms with van der Waals surface area (Å²) in [6.45, 7) is 8.17. The van der Waals surface area contributed by atoms with Crippen LogP contribution in [0.25, 0.3) is 0 Å². The van der Waals surface area contributed by atoms with Crippen LogP contribution in [0.3, 0.4) is 0 Å². The maximum atomic E-state index is 12.3. The molecule has 1 aromatic rings. The zero-order valence-corrected chi connectivity index (χ0v) is 17.4. The van der Waals surface area contributed by atoms with Crippen LogP contribution in [0.5, 0.6) is 5.75 Å². The number of methoxy groups -OCH3 is 1. The van der Waals surface area contributed by atoms with Gasteiger partial charge in [-0.05, 0) is 52.8 Å². The summed E-state index contributed by atoms with van der Waals surface area (Å²) < 4.78 is 10.7. The number of alkyl carbamates (subject to hydrolysis) is 1. The van der Waals surface area contributed by atoms with E-state index in [1.807, 2.05) is 18.2 Å². The van der Waals surface area contributed by atoms with Crippen molar-refractivity contribution in [1.82, 2.24) is 15.5 Å². The molecule has 1 aromatic carbocycles. The number of hydrogen-bond donors (Lipinski definition) is 2. The van der Waals surface area contributed by atoms with Crippen molar-refractivity contribution in [1.29, 1.82) is 0 Å². The van der Waals surface area contributed by atoms with Gasteiger partial charge in [0.2, 0.25) is 5.91 Å². The lowest BCUT2D eigenvalue weighted by molar-refractivity contribution is -0.121. The number of likely N-dealkylation sites (tertiary alicyclic amines) is 1. The van der Waals surface area contributed by atoms with Gasteiger partial charge >= 0.3 is 6.09 Å². The highest BCUT2D eigenvalue weighted by molar-refractivity contribution is 5.77. The Bertz CT molecular complexity index is 651. The number of nitrogens with one attached hydrogen (secondary N) is 2. The van der Waals surface area contributed by atoms with Gasteiger partial charge < -0.3 is 20.1 Å². The fraction of sp³-hybridized carbons (Fsp3) is 0.619. The lowest BCUT2D eigenvalue weighted by Crippen LogP contribution is -2.39. The minimum Gasteiger partial charge on any atom is -0.496 e. The number of carbonyl (C=O) groups excluding carboxylic acids is 2. The summed E-state index contributed by atoms with van der Waals surface area (Å²) in [7, 11) is 1.67. The molecule has 1 unspecified atom stereocenters. The van der Waals surface area contributed by atoms with Gasteiger partial charge in [0.1, 0.15) is 11.4 Å². The van der Waals surface area contributed by atoms with Gasteiger partial charge in [-0.3, -0.25) is 9.69 Å². The van der Waals surface area contributed by atoms with E-state index in [4.69, 9.17) is 9.47 Å². The highest BCUT2D eigenvalue weighted by Gasteiger charge is 2.26. The molecule has 2 N–H and O–H groups in total. The Kier molecular flexibility index (Phi) is 8.11. The lowest BCUT2D eigenvalue weighted by Gasteiger charge is -2.29. The Morgan fingerprint density at radius 3 is 2.46 bits per heavy atom. The molecule has 1 aliphatic rings. The third-order valence-electron chi connectivity index (χ3n) is 4.59. The first-order valence-corrected chi connectivity index (χ1v) is 9.90. The van der Waals surface area contributed by atoms with E-state index in [-0.39, 0.29) is 24.9 Å². The van der Waals surface area contributed by atoms with E-state index in [2.05, 4.69) is 21.6 Å². The van der Waals surface area contributed by atoms with Crippen LogP contribution in [0.15, 0.2) is 24.3 Å². The van der Waals surface area contributed by atoms with E-state index in [0.29, 0.717) is 6.54 Å². The van der Waals surface area contributed by atoms with Crippen molar-refractivity contribution in [2.45, 2.75) is 51.7 Å². The summed E-state index contributed by atoms with van der Waals surface area (Å²) in [5.41, 5.74) is 0.531. The number of nitrogens with zero attached hydrogens (tertiary/aromatic N) is 1. The van der Waals surface area contributed by atoms with Gasteiger partial charge in [0.25, 0.3) is 0 Å². The molecule has 2 amide bonds. The van der Waals surface area contributed by atoms with E-state index >= 15 is 0 Å². The normalized spacial score (nSPS) is 15.7. The van der Waals surface area contributed by atoms with E-state index < -0.39 is 11.7 Å². The van der Waals surface area contributed by atoms with Gasteiger partial charge in [-0.1, -0.05) is 18.2 Å². The van der Waals surface area contributed by atoms with Crippen molar-refractivity contribution in [3.05, 3.63) is 29.8 Å². The Balaban J connectivity index is 1.87. The molecule has 1 aliphatic heterocycles. The monoisotopic (exact) mass is 391 g/mol. The average molecular weight is 392 g/mol. The topological polar surface area (TPSA) is 79.9 Å². The summed E-state index contributed by atoms with van der Waals surface area (Å²) in [5, 5.41) is 5.61. The van der Waals surface area contributed by atoms with E-state index in [0.717, 1.165) is 24.4 Å². The number of para-hydroxylation sites is 1. The number of ether oxygens (including phenoxy) is 2.